The first-order valence-corrected chi connectivity index (χ1v) is 9.34. The number of hydrogen-bond acceptors (Lipinski definition) is 7. The SMILES string of the molecule is CSc1nnc(SCCC(=O)Nc2ccc(N)cc2Cl)s1. The molecule has 0 fully saturated rings. The summed E-state index contributed by atoms with van der Waals surface area (Å²) in [6.07, 6.45) is 2.33. The van der Waals surface area contributed by atoms with Crippen molar-refractivity contribution in [2.24, 2.45) is 0 Å². The zero-order valence-corrected chi connectivity index (χ0v) is 14.3. The molecule has 3 N–H and O–H groups in total. The maximum atomic E-state index is 11.9. The molecule has 0 saturated heterocycles. The number of thioether (sulfide) groups is 2. The van der Waals surface area contributed by atoms with Gasteiger partial charge in [0.05, 0.1) is 10.7 Å². The Hall–Kier alpha value is -0.960. The average Bonchev–Trinajstić information content (AvgIpc) is 2.90. The van der Waals surface area contributed by atoms with Crippen molar-refractivity contribution in [2.45, 2.75) is 15.1 Å². The van der Waals surface area contributed by atoms with Crippen molar-refractivity contribution < 1.29 is 4.79 Å². The number of anilines is 2. The number of aromatic nitrogens is 2. The van der Waals surface area contributed by atoms with Crippen molar-refractivity contribution in [3.63, 3.8) is 0 Å². The van der Waals surface area contributed by atoms with Crippen LogP contribution >= 0.6 is 46.5 Å². The molecule has 0 radical (unpaired) electrons. The lowest BCUT2D eigenvalue weighted by Crippen LogP contribution is -2.12. The van der Waals surface area contributed by atoms with Gasteiger partial charge in [-0.1, -0.05) is 46.5 Å². The molecule has 1 amide bonds. The number of nitrogens with two attached hydrogens (primary N) is 1. The van der Waals surface area contributed by atoms with Gasteiger partial charge in [-0.2, -0.15) is 0 Å². The van der Waals surface area contributed by atoms with Crippen LogP contribution in [-0.2, 0) is 4.79 Å². The molecule has 0 spiro atoms. The summed E-state index contributed by atoms with van der Waals surface area (Å²) >= 11 is 10.6. The van der Waals surface area contributed by atoms with Gasteiger partial charge in [0.1, 0.15) is 0 Å². The Kier molecular flexibility index (Phi) is 6.16. The summed E-state index contributed by atoms with van der Waals surface area (Å²) in [6, 6.07) is 5.00. The lowest BCUT2D eigenvalue weighted by Gasteiger charge is -2.07. The number of amides is 1. The normalized spacial score (nSPS) is 10.6. The van der Waals surface area contributed by atoms with Gasteiger partial charge in [-0.05, 0) is 24.5 Å². The molecule has 0 aliphatic rings. The zero-order chi connectivity index (χ0) is 15.2. The molecule has 0 saturated carbocycles. The van der Waals surface area contributed by atoms with E-state index in [1.54, 1.807) is 30.0 Å². The highest BCUT2D eigenvalue weighted by Gasteiger charge is 2.08. The van der Waals surface area contributed by atoms with E-state index in [2.05, 4.69) is 15.5 Å². The number of nitrogens with zero attached hydrogens (tertiary/aromatic N) is 2. The first-order chi connectivity index (χ1) is 10.1. The number of nitrogen functional groups attached to an aromatic ring is 1. The van der Waals surface area contributed by atoms with Crippen LogP contribution in [0.3, 0.4) is 0 Å². The predicted molar refractivity (Wildman–Crippen MR) is 91.5 cm³/mol. The molecule has 0 aliphatic heterocycles. The van der Waals surface area contributed by atoms with E-state index in [4.69, 9.17) is 17.3 Å². The van der Waals surface area contributed by atoms with Gasteiger partial charge in [-0.3, -0.25) is 4.79 Å². The maximum absolute atomic E-state index is 11.9. The molecule has 0 unspecified atom stereocenters. The highest BCUT2D eigenvalue weighted by atomic mass is 35.5. The van der Waals surface area contributed by atoms with E-state index in [0.717, 1.165) is 8.68 Å². The van der Waals surface area contributed by atoms with E-state index >= 15 is 0 Å². The second kappa shape index (κ2) is 7.88. The molecule has 0 atom stereocenters. The van der Waals surface area contributed by atoms with Crippen LogP contribution in [0.4, 0.5) is 11.4 Å². The van der Waals surface area contributed by atoms with Gasteiger partial charge >= 0.3 is 0 Å². The van der Waals surface area contributed by atoms with Crippen molar-refractivity contribution in [3.05, 3.63) is 23.2 Å². The number of nitrogens with one attached hydrogen (secondary N) is 1. The van der Waals surface area contributed by atoms with E-state index in [0.29, 0.717) is 28.6 Å². The maximum Gasteiger partial charge on any atom is 0.225 e. The fourth-order valence-corrected chi connectivity index (χ4v) is 4.10. The van der Waals surface area contributed by atoms with Crippen LogP contribution in [0.5, 0.6) is 0 Å². The van der Waals surface area contributed by atoms with Crippen LogP contribution < -0.4 is 11.1 Å². The third-order valence-corrected chi connectivity index (χ3v) is 5.73. The zero-order valence-electron chi connectivity index (χ0n) is 11.1. The van der Waals surface area contributed by atoms with Gasteiger partial charge in [0.2, 0.25) is 5.91 Å². The fourth-order valence-electron chi connectivity index (χ4n) is 1.41. The molecular formula is C12H13ClN4OS3. The second-order valence-corrected chi connectivity index (χ2v) is 7.70. The van der Waals surface area contributed by atoms with E-state index < -0.39 is 0 Å². The Balaban J connectivity index is 1.79. The molecule has 1 heterocycles. The van der Waals surface area contributed by atoms with Crippen molar-refractivity contribution in [3.8, 4) is 0 Å². The largest absolute Gasteiger partial charge is 0.399 e. The minimum atomic E-state index is -0.0937. The second-order valence-electron chi connectivity index (χ2n) is 3.92. The van der Waals surface area contributed by atoms with Gasteiger partial charge in [0.25, 0.3) is 0 Å². The number of halogens is 1. The highest BCUT2D eigenvalue weighted by Crippen LogP contribution is 2.28. The van der Waals surface area contributed by atoms with Crippen LogP contribution in [0.15, 0.2) is 26.9 Å². The van der Waals surface area contributed by atoms with Gasteiger partial charge < -0.3 is 11.1 Å². The average molecular weight is 361 g/mol. The van der Waals surface area contributed by atoms with Crippen molar-refractivity contribution in [1.82, 2.24) is 10.2 Å². The summed E-state index contributed by atoms with van der Waals surface area (Å²) in [6.45, 7) is 0. The molecule has 0 bridgehead atoms. The summed E-state index contributed by atoms with van der Waals surface area (Å²) in [7, 11) is 0. The number of carbonyl (C=O) groups is 1. The molecule has 21 heavy (non-hydrogen) atoms. The van der Waals surface area contributed by atoms with Gasteiger partial charge in [-0.15, -0.1) is 10.2 Å². The Morgan fingerprint density at radius 3 is 2.86 bits per heavy atom. The molecule has 9 heteroatoms. The number of carbonyl (C=O) groups excluding carboxylic acids is 1. The van der Waals surface area contributed by atoms with Crippen LogP contribution in [0.2, 0.25) is 5.02 Å². The highest BCUT2D eigenvalue weighted by molar-refractivity contribution is 8.02. The molecule has 5 nitrogen and oxygen atoms in total. The Morgan fingerprint density at radius 2 is 2.19 bits per heavy atom. The predicted octanol–water partition coefficient (Wildman–Crippen LogP) is 3.62. The molecule has 2 aromatic rings. The van der Waals surface area contributed by atoms with Gasteiger partial charge in [0, 0.05) is 17.9 Å². The minimum absolute atomic E-state index is 0.0937. The Labute approximate surface area is 140 Å². The number of rotatable bonds is 6. The van der Waals surface area contributed by atoms with Gasteiger partial charge in [0.15, 0.2) is 8.68 Å². The van der Waals surface area contributed by atoms with Crippen molar-refractivity contribution in [2.75, 3.05) is 23.1 Å². The summed E-state index contributed by atoms with van der Waals surface area (Å²) in [5, 5.41) is 11.2. The molecule has 112 valence electrons. The minimum Gasteiger partial charge on any atom is -0.399 e. The van der Waals surface area contributed by atoms with Crippen LogP contribution in [0.1, 0.15) is 6.42 Å². The standard InChI is InChI=1S/C12H13ClN4OS3/c1-19-11-16-17-12(21-11)20-5-4-10(18)15-9-3-2-7(14)6-8(9)13/h2-3,6H,4-5,14H2,1H3,(H,15,18). The molecule has 2 rings (SSSR count). The van der Waals surface area contributed by atoms with Crippen LogP contribution in [-0.4, -0.2) is 28.1 Å². The summed E-state index contributed by atoms with van der Waals surface area (Å²) < 4.78 is 1.80. The molecule has 0 aliphatic carbocycles. The van der Waals surface area contributed by atoms with Crippen LogP contribution in [0, 0.1) is 0 Å². The quantitative estimate of drug-likeness (QED) is 0.605. The van der Waals surface area contributed by atoms with E-state index in [-0.39, 0.29) is 5.91 Å². The first kappa shape index (κ1) is 16.4. The molecule has 1 aromatic heterocycles. The fraction of sp³-hybridized carbons (Fsp3) is 0.250. The van der Waals surface area contributed by atoms with E-state index in [1.165, 1.54) is 23.1 Å². The third kappa shape index (κ3) is 5.06. The van der Waals surface area contributed by atoms with Gasteiger partial charge in [-0.25, -0.2) is 0 Å². The summed E-state index contributed by atoms with van der Waals surface area (Å²) in [5.74, 6) is 0.547. The molecule has 1 aromatic carbocycles. The smallest absolute Gasteiger partial charge is 0.225 e. The number of benzene rings is 1. The lowest BCUT2D eigenvalue weighted by molar-refractivity contribution is -0.115. The summed E-state index contributed by atoms with van der Waals surface area (Å²) in [5.41, 5.74) is 6.74. The van der Waals surface area contributed by atoms with Crippen LogP contribution in [0.25, 0.3) is 0 Å². The van der Waals surface area contributed by atoms with E-state index in [9.17, 15) is 4.79 Å². The van der Waals surface area contributed by atoms with Crippen molar-refractivity contribution >= 4 is 63.7 Å². The first-order valence-electron chi connectivity index (χ1n) is 5.93. The molecular weight excluding hydrogens is 348 g/mol. The Bertz CT molecular complexity index is 635. The van der Waals surface area contributed by atoms with E-state index in [1.807, 2.05) is 6.26 Å². The van der Waals surface area contributed by atoms with Crippen molar-refractivity contribution in [1.29, 1.82) is 0 Å². The number of hydrogen-bond donors (Lipinski definition) is 2. The Morgan fingerprint density at radius 1 is 1.43 bits per heavy atom. The summed E-state index contributed by atoms with van der Waals surface area (Å²) in [4.78, 5) is 11.9. The lowest BCUT2D eigenvalue weighted by atomic mass is 10.3. The third-order valence-electron chi connectivity index (χ3n) is 2.38. The monoisotopic (exact) mass is 360 g/mol. The topological polar surface area (TPSA) is 80.9 Å².